The number of quaternary nitrogens is 1. The number of hydrogen-bond donors (Lipinski definition) is 2. The van der Waals surface area contributed by atoms with Crippen LogP contribution in [0, 0.1) is 0 Å². The van der Waals surface area contributed by atoms with Crippen LogP contribution in [-0.4, -0.2) is 68.5 Å². The summed E-state index contributed by atoms with van der Waals surface area (Å²) in [4.78, 5) is 25.4. The van der Waals surface area contributed by atoms with Gasteiger partial charge in [-0.25, -0.2) is 0 Å². The van der Waals surface area contributed by atoms with Gasteiger partial charge < -0.3 is 28.8 Å². The molecule has 0 saturated carbocycles. The molecule has 0 bridgehead atoms. The summed E-state index contributed by atoms with van der Waals surface area (Å²) in [5.41, 5.74) is 0. The number of unbranched alkanes of at least 4 members (excludes halogenated alkanes) is 29. The van der Waals surface area contributed by atoms with Gasteiger partial charge in [-0.15, -0.1) is 0 Å². The molecule has 0 spiro atoms. The number of rotatable bonds is 44. The summed E-state index contributed by atoms with van der Waals surface area (Å²) in [5.74, 6) is -0.167. The summed E-state index contributed by atoms with van der Waals surface area (Å²) >= 11 is 0. The smallest absolute Gasteiger partial charge is 0.268 e. The molecule has 0 fully saturated rings. The first kappa shape index (κ1) is 55.2. The molecule has 8 nitrogen and oxygen atoms in total. The summed E-state index contributed by atoms with van der Waals surface area (Å²) in [7, 11) is 1.31. The van der Waals surface area contributed by atoms with Gasteiger partial charge in [-0.2, -0.15) is 0 Å². The molecule has 0 radical (unpaired) electrons. The highest BCUT2D eigenvalue weighted by atomic mass is 31.2. The van der Waals surface area contributed by atoms with Gasteiger partial charge in [0.05, 0.1) is 39.9 Å². The number of phosphoric acid groups is 1. The summed E-state index contributed by atoms with van der Waals surface area (Å²) < 4.78 is 23.3. The highest BCUT2D eigenvalue weighted by Crippen LogP contribution is 2.38. The van der Waals surface area contributed by atoms with E-state index in [4.69, 9.17) is 9.05 Å². The van der Waals surface area contributed by atoms with Crippen LogP contribution in [0.1, 0.15) is 232 Å². The zero-order chi connectivity index (χ0) is 41.4. The molecular weight excluding hydrogens is 719 g/mol. The van der Waals surface area contributed by atoms with Crippen LogP contribution >= 0.6 is 7.82 Å². The van der Waals surface area contributed by atoms with Crippen LogP contribution in [0.4, 0.5) is 0 Å². The van der Waals surface area contributed by atoms with E-state index in [2.05, 4.69) is 31.3 Å². The largest absolute Gasteiger partial charge is 0.756 e. The van der Waals surface area contributed by atoms with Gasteiger partial charge in [0.1, 0.15) is 13.2 Å². The fourth-order valence-electron chi connectivity index (χ4n) is 7.15. The zero-order valence-corrected chi connectivity index (χ0v) is 38.7. The molecule has 0 aliphatic rings. The Hall–Kier alpha value is -0.760. The fourth-order valence-corrected chi connectivity index (χ4v) is 7.88. The third kappa shape index (κ3) is 41.4. The molecule has 0 aromatic rings. The molecule has 0 aromatic heterocycles. The molecule has 0 rings (SSSR count). The molecule has 0 aliphatic carbocycles. The number of nitrogens with zero attached hydrogens (tertiary/aromatic N) is 1. The summed E-state index contributed by atoms with van der Waals surface area (Å²) in [6, 6.07) is -0.798. The van der Waals surface area contributed by atoms with Crippen LogP contribution in [0.3, 0.4) is 0 Å². The molecule has 0 aliphatic heterocycles. The minimum absolute atomic E-state index is 0.0134. The number of aliphatic hydroxyl groups is 1. The van der Waals surface area contributed by atoms with Gasteiger partial charge in [-0.05, 0) is 38.5 Å². The Morgan fingerprint density at radius 3 is 1.39 bits per heavy atom. The number of phosphoric ester groups is 1. The van der Waals surface area contributed by atoms with Crippen molar-refractivity contribution >= 4 is 13.7 Å². The van der Waals surface area contributed by atoms with Gasteiger partial charge in [-0.1, -0.05) is 199 Å². The predicted octanol–water partition coefficient (Wildman–Crippen LogP) is 12.9. The van der Waals surface area contributed by atoms with Gasteiger partial charge in [0.15, 0.2) is 0 Å². The number of hydrogen-bond acceptors (Lipinski definition) is 6. The highest BCUT2D eigenvalue weighted by molar-refractivity contribution is 7.45. The van der Waals surface area contributed by atoms with Gasteiger partial charge >= 0.3 is 0 Å². The van der Waals surface area contributed by atoms with Crippen molar-refractivity contribution in [1.82, 2.24) is 5.32 Å². The highest BCUT2D eigenvalue weighted by Gasteiger charge is 2.24. The van der Waals surface area contributed by atoms with Gasteiger partial charge in [0, 0.05) is 6.42 Å². The Kier molecular flexibility index (Phi) is 39.1. The predicted molar refractivity (Wildman–Crippen MR) is 238 cm³/mol. The first-order chi connectivity index (χ1) is 27.0. The van der Waals surface area contributed by atoms with Crippen molar-refractivity contribution in [3.8, 4) is 0 Å². The standard InChI is InChI=1S/C47H95N2O6P/c1-6-8-10-12-14-16-18-20-22-24-26-28-30-32-34-36-38-40-46(50)45(44-55-56(52,53)54-43-42-49(3,4)5)48-47(51)41-39-37-35-33-31-29-27-25-23-21-19-17-15-13-11-9-7-2/h21,23,45-46,50H,6-20,22,24-44H2,1-5H3,(H-,48,51,52,53)/b23-21+/t45-,46+/m0/s1. The van der Waals surface area contributed by atoms with Crippen molar-refractivity contribution in [1.29, 1.82) is 0 Å². The van der Waals surface area contributed by atoms with Crippen LogP contribution < -0.4 is 10.2 Å². The Morgan fingerprint density at radius 2 is 0.982 bits per heavy atom. The maximum absolute atomic E-state index is 12.9. The van der Waals surface area contributed by atoms with E-state index in [1.54, 1.807) is 0 Å². The van der Waals surface area contributed by atoms with Crippen molar-refractivity contribution < 1.29 is 32.9 Å². The molecule has 0 aromatic carbocycles. The summed E-state index contributed by atoms with van der Waals surface area (Å²) in [6.45, 7) is 4.73. The number of carbonyl (C=O) groups excluding carboxylic acids is 1. The molecule has 9 heteroatoms. The Bertz CT molecular complexity index is 927. The van der Waals surface area contributed by atoms with Crippen LogP contribution in [0.2, 0.25) is 0 Å². The van der Waals surface area contributed by atoms with Crippen LogP contribution in [0.5, 0.6) is 0 Å². The number of allylic oxidation sites excluding steroid dienone is 2. The average Bonchev–Trinajstić information content (AvgIpc) is 3.15. The number of likely N-dealkylation sites (N-methyl/N-ethyl adjacent to an activating group) is 1. The van der Waals surface area contributed by atoms with Crippen molar-refractivity contribution in [2.24, 2.45) is 0 Å². The van der Waals surface area contributed by atoms with Crippen LogP contribution in [0.25, 0.3) is 0 Å². The Balaban J connectivity index is 4.31. The molecule has 3 atom stereocenters. The second-order valence-corrected chi connectivity index (χ2v) is 19.2. The quantitative estimate of drug-likeness (QED) is 0.0274. The molecular formula is C47H95N2O6P. The first-order valence-electron chi connectivity index (χ1n) is 24.0. The zero-order valence-electron chi connectivity index (χ0n) is 37.9. The molecule has 0 saturated heterocycles. The van der Waals surface area contributed by atoms with Crippen molar-refractivity contribution in [2.45, 2.75) is 244 Å². The normalized spacial score (nSPS) is 14.3. The monoisotopic (exact) mass is 815 g/mol. The molecule has 56 heavy (non-hydrogen) atoms. The third-order valence-electron chi connectivity index (χ3n) is 11.0. The minimum Gasteiger partial charge on any atom is -0.756 e. The molecule has 334 valence electrons. The number of amides is 1. The average molecular weight is 815 g/mol. The van der Waals surface area contributed by atoms with Crippen molar-refractivity contribution in [3.63, 3.8) is 0 Å². The van der Waals surface area contributed by atoms with E-state index >= 15 is 0 Å². The Morgan fingerprint density at radius 1 is 0.607 bits per heavy atom. The lowest BCUT2D eigenvalue weighted by atomic mass is 10.0. The topological polar surface area (TPSA) is 108 Å². The summed E-state index contributed by atoms with van der Waals surface area (Å²) in [6.07, 6.45) is 44.9. The van der Waals surface area contributed by atoms with E-state index in [0.717, 1.165) is 38.5 Å². The Labute approximate surface area is 348 Å². The lowest BCUT2D eigenvalue weighted by molar-refractivity contribution is -0.870. The van der Waals surface area contributed by atoms with E-state index in [0.29, 0.717) is 23.9 Å². The van der Waals surface area contributed by atoms with Gasteiger partial charge in [0.25, 0.3) is 7.82 Å². The van der Waals surface area contributed by atoms with E-state index in [9.17, 15) is 19.4 Å². The van der Waals surface area contributed by atoms with Crippen molar-refractivity contribution in [2.75, 3.05) is 40.9 Å². The number of carbonyl (C=O) groups is 1. The minimum atomic E-state index is -4.56. The second-order valence-electron chi connectivity index (χ2n) is 17.8. The first-order valence-corrected chi connectivity index (χ1v) is 25.5. The van der Waals surface area contributed by atoms with Crippen molar-refractivity contribution in [3.05, 3.63) is 12.2 Å². The third-order valence-corrected chi connectivity index (χ3v) is 12.0. The van der Waals surface area contributed by atoms with E-state index in [1.165, 1.54) is 167 Å². The molecule has 1 amide bonds. The fraction of sp³-hybridized carbons (Fsp3) is 0.936. The van der Waals surface area contributed by atoms with E-state index in [-0.39, 0.29) is 19.1 Å². The molecule has 0 heterocycles. The molecule has 2 N–H and O–H groups in total. The van der Waals surface area contributed by atoms with E-state index in [1.807, 2.05) is 21.1 Å². The van der Waals surface area contributed by atoms with Crippen LogP contribution in [0.15, 0.2) is 12.2 Å². The molecule has 1 unspecified atom stereocenters. The summed E-state index contributed by atoms with van der Waals surface area (Å²) in [5, 5.41) is 13.9. The maximum atomic E-state index is 12.9. The SMILES string of the molecule is CCCCCCCC/C=C/CCCCCCCCCC(=O)N[C@@H](COP(=O)([O-])OCC[N+](C)(C)C)[C@H](O)CCCCCCCCCCCCCCCCCCC. The van der Waals surface area contributed by atoms with Gasteiger partial charge in [-0.3, -0.25) is 9.36 Å². The number of nitrogens with one attached hydrogen (secondary N) is 1. The van der Waals surface area contributed by atoms with Crippen LogP contribution in [-0.2, 0) is 18.4 Å². The van der Waals surface area contributed by atoms with E-state index < -0.39 is 20.0 Å². The van der Waals surface area contributed by atoms with Gasteiger partial charge in [0.2, 0.25) is 5.91 Å². The lowest BCUT2D eigenvalue weighted by Gasteiger charge is -2.30. The lowest BCUT2D eigenvalue weighted by Crippen LogP contribution is -2.46. The second kappa shape index (κ2) is 39.7. The number of aliphatic hydroxyl groups excluding tert-OH is 1. The maximum Gasteiger partial charge on any atom is 0.268 e.